The van der Waals surface area contributed by atoms with Gasteiger partial charge in [-0.1, -0.05) is 212 Å². The maximum Gasteiger partial charge on any atom is 0.306 e. The van der Waals surface area contributed by atoms with Gasteiger partial charge in [0.25, 0.3) is 0 Å². The van der Waals surface area contributed by atoms with Gasteiger partial charge in [0.1, 0.15) is 6.61 Å². The highest BCUT2D eigenvalue weighted by Crippen LogP contribution is 2.16. The molecule has 1 N–H and O–H groups in total. The largest absolute Gasteiger partial charge is 0.462 e. The molecule has 0 rings (SSSR count). The van der Waals surface area contributed by atoms with Crippen LogP contribution in [0.2, 0.25) is 0 Å². The molecule has 5 nitrogen and oxygen atoms in total. The first-order valence-electron chi connectivity index (χ1n) is 22.7. The lowest BCUT2D eigenvalue weighted by Gasteiger charge is -2.15. The third kappa shape index (κ3) is 41.3. The predicted molar refractivity (Wildman–Crippen MR) is 219 cm³/mol. The van der Waals surface area contributed by atoms with Gasteiger partial charge in [-0.3, -0.25) is 9.59 Å². The fourth-order valence-corrected chi connectivity index (χ4v) is 6.85. The van der Waals surface area contributed by atoms with Crippen molar-refractivity contribution in [1.29, 1.82) is 0 Å². The van der Waals surface area contributed by atoms with Crippen LogP contribution in [0.5, 0.6) is 0 Å². The van der Waals surface area contributed by atoms with E-state index in [1.54, 1.807) is 0 Å². The molecule has 0 aromatic heterocycles. The molecular weight excluding hydrogens is 633 g/mol. The van der Waals surface area contributed by atoms with E-state index >= 15 is 0 Å². The smallest absolute Gasteiger partial charge is 0.306 e. The zero-order valence-corrected chi connectivity index (χ0v) is 34.4. The summed E-state index contributed by atoms with van der Waals surface area (Å²) in [6.45, 7) is 4.15. The lowest BCUT2D eigenvalue weighted by molar-refractivity contribution is -0.161. The van der Waals surface area contributed by atoms with Crippen LogP contribution in [-0.2, 0) is 19.1 Å². The van der Waals surface area contributed by atoms with Crippen LogP contribution < -0.4 is 0 Å². The second-order valence-corrected chi connectivity index (χ2v) is 15.5. The molecule has 0 aromatic rings. The molecule has 0 aliphatic heterocycles. The minimum absolute atomic E-state index is 0.0592. The second-order valence-electron chi connectivity index (χ2n) is 15.5. The summed E-state index contributed by atoms with van der Waals surface area (Å²) in [4.78, 5) is 24.2. The molecule has 51 heavy (non-hydrogen) atoms. The van der Waals surface area contributed by atoms with Crippen molar-refractivity contribution < 1.29 is 24.2 Å². The minimum Gasteiger partial charge on any atom is -0.462 e. The zero-order chi connectivity index (χ0) is 37.1. The molecule has 0 amide bonds. The zero-order valence-electron chi connectivity index (χ0n) is 34.4. The average molecular weight is 721 g/mol. The van der Waals surface area contributed by atoms with Crippen molar-refractivity contribution >= 4 is 11.9 Å². The predicted octanol–water partition coefficient (Wildman–Crippen LogP) is 14.5. The van der Waals surface area contributed by atoms with Crippen molar-refractivity contribution in [3.63, 3.8) is 0 Å². The summed E-state index contributed by atoms with van der Waals surface area (Å²) in [6, 6.07) is 0. The highest BCUT2D eigenvalue weighted by atomic mass is 16.6. The third-order valence-corrected chi connectivity index (χ3v) is 10.3. The number of hydrogen-bond acceptors (Lipinski definition) is 5. The van der Waals surface area contributed by atoms with Crippen LogP contribution >= 0.6 is 0 Å². The Balaban J connectivity index is 3.41. The topological polar surface area (TPSA) is 72.8 Å². The van der Waals surface area contributed by atoms with Gasteiger partial charge in [0, 0.05) is 12.8 Å². The quantitative estimate of drug-likeness (QED) is 0.0386. The number of carbonyl (C=O) groups is 2. The summed E-state index contributed by atoms with van der Waals surface area (Å²) in [5.74, 6) is -0.579. The van der Waals surface area contributed by atoms with Crippen LogP contribution in [-0.4, -0.2) is 36.4 Å². The van der Waals surface area contributed by atoms with Gasteiger partial charge in [0.2, 0.25) is 0 Å². The Bertz CT molecular complexity index is 735. The van der Waals surface area contributed by atoms with Crippen LogP contribution in [0.25, 0.3) is 0 Å². The third-order valence-electron chi connectivity index (χ3n) is 10.3. The molecule has 0 aromatic carbocycles. The van der Waals surface area contributed by atoms with E-state index < -0.39 is 6.10 Å². The molecule has 0 saturated heterocycles. The second kappa shape index (κ2) is 43.0. The standard InChI is InChI=1S/C46H88O5/c1-3-5-7-9-11-13-15-16-17-18-19-20-21-22-23-24-25-26-27-28-29-30-31-33-35-37-39-41-46(49)51-44(42-47)43-50-45(48)40-38-36-34-32-14-12-10-8-6-4-2/h18-19,44,47H,3-17,20-43H2,1-2H3/b19-18-. The Morgan fingerprint density at radius 1 is 0.431 bits per heavy atom. The summed E-state index contributed by atoms with van der Waals surface area (Å²) in [7, 11) is 0. The van der Waals surface area contributed by atoms with Crippen LogP contribution in [0.4, 0.5) is 0 Å². The van der Waals surface area contributed by atoms with Crippen molar-refractivity contribution in [2.24, 2.45) is 0 Å². The molecule has 0 spiro atoms. The summed E-state index contributed by atoms with van der Waals surface area (Å²) in [5.41, 5.74) is 0. The molecule has 1 atom stereocenters. The van der Waals surface area contributed by atoms with Crippen molar-refractivity contribution in [3.8, 4) is 0 Å². The number of allylic oxidation sites excluding steroid dienone is 2. The van der Waals surface area contributed by atoms with E-state index in [0.29, 0.717) is 12.8 Å². The molecular formula is C46H88O5. The number of rotatable bonds is 42. The van der Waals surface area contributed by atoms with Crippen LogP contribution in [0.1, 0.15) is 251 Å². The van der Waals surface area contributed by atoms with Crippen LogP contribution in [0, 0.1) is 0 Å². The van der Waals surface area contributed by atoms with Gasteiger partial charge < -0.3 is 14.6 Å². The van der Waals surface area contributed by atoms with E-state index in [1.165, 1.54) is 186 Å². The van der Waals surface area contributed by atoms with E-state index in [-0.39, 0.29) is 25.2 Å². The summed E-state index contributed by atoms with van der Waals surface area (Å²) < 4.78 is 10.6. The van der Waals surface area contributed by atoms with Crippen molar-refractivity contribution in [2.45, 2.75) is 258 Å². The maximum absolute atomic E-state index is 12.2. The first-order valence-corrected chi connectivity index (χ1v) is 22.7. The van der Waals surface area contributed by atoms with Crippen LogP contribution in [0.15, 0.2) is 12.2 Å². The molecule has 1 unspecified atom stereocenters. The number of ether oxygens (including phenoxy) is 2. The van der Waals surface area contributed by atoms with E-state index in [4.69, 9.17) is 9.47 Å². The van der Waals surface area contributed by atoms with E-state index in [0.717, 1.165) is 38.5 Å². The molecule has 0 fully saturated rings. The van der Waals surface area contributed by atoms with E-state index in [2.05, 4.69) is 26.0 Å². The number of aliphatic hydroxyl groups is 1. The Labute approximate surface area is 318 Å². The number of unbranched alkanes of at least 4 members (excludes halogenated alkanes) is 32. The Hall–Kier alpha value is -1.36. The molecule has 0 aliphatic carbocycles. The summed E-state index contributed by atoms with van der Waals surface area (Å²) >= 11 is 0. The average Bonchev–Trinajstić information content (AvgIpc) is 3.13. The molecule has 302 valence electrons. The van der Waals surface area contributed by atoms with Gasteiger partial charge in [-0.05, 0) is 38.5 Å². The van der Waals surface area contributed by atoms with Crippen molar-refractivity contribution in [1.82, 2.24) is 0 Å². The molecule has 0 radical (unpaired) electrons. The SMILES string of the molecule is CCCCCCCCCC/C=C\CCCCCCCCCCCCCCCCCC(=O)OC(CO)COC(=O)CCCCCCCCCCCC. The van der Waals surface area contributed by atoms with Crippen molar-refractivity contribution in [3.05, 3.63) is 12.2 Å². The number of aliphatic hydroxyl groups excluding tert-OH is 1. The molecule has 0 bridgehead atoms. The highest BCUT2D eigenvalue weighted by molar-refractivity contribution is 5.70. The van der Waals surface area contributed by atoms with Crippen LogP contribution in [0.3, 0.4) is 0 Å². The normalized spacial score (nSPS) is 12.1. The Kier molecular flexibility index (Phi) is 41.9. The molecule has 0 heterocycles. The monoisotopic (exact) mass is 721 g/mol. The molecule has 5 heteroatoms. The van der Waals surface area contributed by atoms with Gasteiger partial charge >= 0.3 is 11.9 Å². The Morgan fingerprint density at radius 3 is 1.06 bits per heavy atom. The van der Waals surface area contributed by atoms with Gasteiger partial charge in [0.05, 0.1) is 6.61 Å². The highest BCUT2D eigenvalue weighted by Gasteiger charge is 2.16. The molecule has 0 aliphatic rings. The minimum atomic E-state index is -0.763. The fraction of sp³-hybridized carbons (Fsp3) is 0.913. The van der Waals surface area contributed by atoms with Gasteiger partial charge in [-0.15, -0.1) is 0 Å². The van der Waals surface area contributed by atoms with Crippen molar-refractivity contribution in [2.75, 3.05) is 13.2 Å². The number of hydrogen-bond donors (Lipinski definition) is 1. The first kappa shape index (κ1) is 49.6. The van der Waals surface area contributed by atoms with E-state index in [1.807, 2.05) is 0 Å². The fourth-order valence-electron chi connectivity index (χ4n) is 6.85. The lowest BCUT2D eigenvalue weighted by atomic mass is 10.0. The summed E-state index contributed by atoms with van der Waals surface area (Å²) in [6.07, 6.45) is 50.2. The lowest BCUT2D eigenvalue weighted by Crippen LogP contribution is -2.28. The Morgan fingerprint density at radius 2 is 0.725 bits per heavy atom. The molecule has 0 saturated carbocycles. The first-order chi connectivity index (χ1) is 25.1. The maximum atomic E-state index is 12.2. The van der Waals surface area contributed by atoms with Gasteiger partial charge in [-0.25, -0.2) is 0 Å². The number of esters is 2. The summed E-state index contributed by atoms with van der Waals surface area (Å²) in [5, 5.41) is 9.56. The van der Waals surface area contributed by atoms with Gasteiger partial charge in [0.15, 0.2) is 6.10 Å². The van der Waals surface area contributed by atoms with Gasteiger partial charge in [-0.2, -0.15) is 0 Å². The number of carbonyl (C=O) groups excluding carboxylic acids is 2. The van der Waals surface area contributed by atoms with E-state index in [9.17, 15) is 14.7 Å².